The summed E-state index contributed by atoms with van der Waals surface area (Å²) in [6, 6.07) is 1.73. The van der Waals surface area contributed by atoms with Crippen molar-refractivity contribution in [1.29, 1.82) is 0 Å². The molecule has 1 amide bonds. The number of nitrogens with one attached hydrogen (secondary N) is 1. The Morgan fingerprint density at radius 2 is 2.24 bits per heavy atom. The third-order valence-corrected chi connectivity index (χ3v) is 4.55. The van der Waals surface area contributed by atoms with E-state index in [9.17, 15) is 9.59 Å². The van der Waals surface area contributed by atoms with Gasteiger partial charge in [0.2, 0.25) is 0 Å². The van der Waals surface area contributed by atoms with Crippen molar-refractivity contribution < 1.29 is 14.7 Å². The normalized spacial score (nSPS) is 10.9. The van der Waals surface area contributed by atoms with Gasteiger partial charge in [-0.05, 0) is 30.0 Å². The Bertz CT molecular complexity index is 673. The molecule has 2 heterocycles. The zero-order valence-electron chi connectivity index (χ0n) is 11.3. The minimum absolute atomic E-state index is 0.191. The van der Waals surface area contributed by atoms with E-state index >= 15 is 0 Å². The molecular formula is C14H14N2O3S2. The molecule has 0 fully saturated rings. The molecule has 2 aromatic rings. The predicted molar refractivity (Wildman–Crippen MR) is 83.9 cm³/mol. The summed E-state index contributed by atoms with van der Waals surface area (Å²) in [6.07, 6.45) is 3.14. The number of carboxylic acids is 1. The van der Waals surface area contributed by atoms with Crippen LogP contribution in [0, 0.1) is 6.92 Å². The summed E-state index contributed by atoms with van der Waals surface area (Å²) in [5.74, 6) is -1.23. The smallest absolute Gasteiger partial charge is 0.328 e. The number of aryl methyl sites for hydroxylation is 1. The Hall–Kier alpha value is -1.99. The highest BCUT2D eigenvalue weighted by atomic mass is 32.1. The first kappa shape index (κ1) is 15.4. The minimum atomic E-state index is -1.04. The van der Waals surface area contributed by atoms with E-state index in [0.29, 0.717) is 23.4 Å². The van der Waals surface area contributed by atoms with Gasteiger partial charge in [0.15, 0.2) is 0 Å². The molecule has 110 valence electrons. The van der Waals surface area contributed by atoms with Crippen molar-refractivity contribution >= 4 is 40.6 Å². The van der Waals surface area contributed by atoms with Crippen LogP contribution in [0.15, 0.2) is 22.9 Å². The minimum Gasteiger partial charge on any atom is -0.478 e. The van der Waals surface area contributed by atoms with E-state index in [4.69, 9.17) is 5.11 Å². The molecule has 0 aromatic carbocycles. The monoisotopic (exact) mass is 322 g/mol. The zero-order valence-corrected chi connectivity index (χ0v) is 13.0. The van der Waals surface area contributed by atoms with Gasteiger partial charge in [-0.3, -0.25) is 4.79 Å². The number of hydrogen-bond donors (Lipinski definition) is 2. The first-order valence-electron chi connectivity index (χ1n) is 6.24. The van der Waals surface area contributed by atoms with Crippen molar-refractivity contribution in [1.82, 2.24) is 10.3 Å². The molecule has 5 nitrogen and oxygen atoms in total. The van der Waals surface area contributed by atoms with Gasteiger partial charge in [-0.1, -0.05) is 0 Å². The lowest BCUT2D eigenvalue weighted by Gasteiger charge is -2.03. The van der Waals surface area contributed by atoms with Gasteiger partial charge < -0.3 is 10.4 Å². The summed E-state index contributed by atoms with van der Waals surface area (Å²) in [6.45, 7) is 2.44. The van der Waals surface area contributed by atoms with Gasteiger partial charge >= 0.3 is 5.97 Å². The molecular weight excluding hydrogens is 308 g/mol. The van der Waals surface area contributed by atoms with E-state index in [1.807, 2.05) is 12.3 Å². The Balaban J connectivity index is 1.91. The largest absolute Gasteiger partial charge is 0.478 e. The van der Waals surface area contributed by atoms with Crippen LogP contribution in [0.3, 0.4) is 0 Å². The molecule has 2 N–H and O–H groups in total. The molecule has 0 aliphatic rings. The number of thiophene rings is 1. The molecule has 21 heavy (non-hydrogen) atoms. The summed E-state index contributed by atoms with van der Waals surface area (Å²) < 4.78 is 0. The van der Waals surface area contributed by atoms with E-state index in [0.717, 1.165) is 16.8 Å². The Labute approximate surface area is 130 Å². The standard InChI is InChI=1S/C14H14N2O3S2/c1-9-8-21-11(16-9)4-6-15-14(19)13-10(5-7-20-13)2-3-12(17)18/h2-3,5,7-8H,4,6H2,1H3,(H,15,19)(H,17,18). The van der Waals surface area contributed by atoms with Crippen LogP contribution in [0.25, 0.3) is 6.08 Å². The number of aromatic nitrogens is 1. The van der Waals surface area contributed by atoms with Crippen LogP contribution in [0.4, 0.5) is 0 Å². The van der Waals surface area contributed by atoms with Gasteiger partial charge in [0.25, 0.3) is 5.91 Å². The molecule has 0 atom stereocenters. The van der Waals surface area contributed by atoms with Crippen LogP contribution >= 0.6 is 22.7 Å². The molecule has 0 bridgehead atoms. The lowest BCUT2D eigenvalue weighted by atomic mass is 10.2. The zero-order chi connectivity index (χ0) is 15.2. The van der Waals surface area contributed by atoms with Gasteiger partial charge in [-0.25, -0.2) is 9.78 Å². The Kier molecular flexibility index (Phi) is 5.24. The second kappa shape index (κ2) is 7.14. The molecule has 0 saturated carbocycles. The number of rotatable bonds is 6. The number of carbonyl (C=O) groups is 2. The van der Waals surface area contributed by atoms with Crippen molar-refractivity contribution in [3.8, 4) is 0 Å². The van der Waals surface area contributed by atoms with Crippen LogP contribution in [0.2, 0.25) is 0 Å². The van der Waals surface area contributed by atoms with Gasteiger partial charge in [0.05, 0.1) is 9.88 Å². The first-order valence-corrected chi connectivity index (χ1v) is 8.00. The molecule has 7 heteroatoms. The molecule has 0 aliphatic carbocycles. The first-order chi connectivity index (χ1) is 10.1. The average Bonchev–Trinajstić information content (AvgIpc) is 3.05. The van der Waals surface area contributed by atoms with Crippen molar-refractivity contribution in [3.63, 3.8) is 0 Å². The SMILES string of the molecule is Cc1csc(CCNC(=O)c2sccc2C=CC(=O)O)n1. The maximum absolute atomic E-state index is 12.1. The number of hydrogen-bond acceptors (Lipinski definition) is 5. The molecule has 0 radical (unpaired) electrons. The summed E-state index contributed by atoms with van der Waals surface area (Å²) in [4.78, 5) is 27.4. The Morgan fingerprint density at radius 1 is 1.43 bits per heavy atom. The third-order valence-electron chi connectivity index (χ3n) is 2.60. The van der Waals surface area contributed by atoms with Crippen LogP contribution in [-0.2, 0) is 11.2 Å². The number of carboxylic acid groups (broad SMARTS) is 1. The van der Waals surface area contributed by atoms with Gasteiger partial charge in [0.1, 0.15) is 0 Å². The van der Waals surface area contributed by atoms with E-state index < -0.39 is 5.97 Å². The van der Waals surface area contributed by atoms with E-state index in [1.165, 1.54) is 17.4 Å². The van der Waals surface area contributed by atoms with Gasteiger partial charge in [-0.2, -0.15) is 0 Å². The fourth-order valence-electron chi connectivity index (χ4n) is 1.68. The lowest BCUT2D eigenvalue weighted by molar-refractivity contribution is -0.131. The van der Waals surface area contributed by atoms with Crippen molar-refractivity contribution in [2.75, 3.05) is 6.54 Å². The van der Waals surface area contributed by atoms with E-state index in [1.54, 1.807) is 22.8 Å². The van der Waals surface area contributed by atoms with Crippen molar-refractivity contribution in [3.05, 3.63) is 44.0 Å². The fraction of sp³-hybridized carbons (Fsp3) is 0.214. The van der Waals surface area contributed by atoms with Crippen LogP contribution in [-0.4, -0.2) is 28.5 Å². The quantitative estimate of drug-likeness (QED) is 0.801. The molecule has 2 aromatic heterocycles. The second-order valence-corrected chi connectivity index (χ2v) is 6.12. The number of thiazole rings is 1. The van der Waals surface area contributed by atoms with Gasteiger partial charge in [0, 0.05) is 30.1 Å². The molecule has 0 saturated heterocycles. The summed E-state index contributed by atoms with van der Waals surface area (Å²) >= 11 is 2.87. The highest BCUT2D eigenvalue weighted by Gasteiger charge is 2.11. The molecule has 2 rings (SSSR count). The number of nitrogens with zero attached hydrogens (tertiary/aromatic N) is 1. The molecule has 0 unspecified atom stereocenters. The number of amides is 1. The summed E-state index contributed by atoms with van der Waals surface area (Å²) in [5, 5.41) is 16.2. The maximum atomic E-state index is 12.1. The number of aliphatic carboxylic acids is 1. The van der Waals surface area contributed by atoms with Gasteiger partial charge in [-0.15, -0.1) is 22.7 Å². The van der Waals surface area contributed by atoms with Crippen molar-refractivity contribution in [2.45, 2.75) is 13.3 Å². The fourth-order valence-corrected chi connectivity index (χ4v) is 3.25. The average molecular weight is 322 g/mol. The third kappa shape index (κ3) is 4.51. The van der Waals surface area contributed by atoms with Crippen LogP contribution < -0.4 is 5.32 Å². The van der Waals surface area contributed by atoms with E-state index in [-0.39, 0.29) is 5.91 Å². The second-order valence-electron chi connectivity index (χ2n) is 4.27. The van der Waals surface area contributed by atoms with Crippen LogP contribution in [0.5, 0.6) is 0 Å². The summed E-state index contributed by atoms with van der Waals surface area (Å²) in [7, 11) is 0. The molecule has 0 aliphatic heterocycles. The molecule has 0 spiro atoms. The topological polar surface area (TPSA) is 79.3 Å². The van der Waals surface area contributed by atoms with Crippen LogP contribution in [0.1, 0.15) is 25.9 Å². The predicted octanol–water partition coefficient (Wildman–Crippen LogP) is 2.58. The highest BCUT2D eigenvalue weighted by molar-refractivity contribution is 7.12. The Morgan fingerprint density at radius 3 is 2.90 bits per heavy atom. The van der Waals surface area contributed by atoms with Crippen molar-refractivity contribution in [2.24, 2.45) is 0 Å². The lowest BCUT2D eigenvalue weighted by Crippen LogP contribution is -2.25. The highest BCUT2D eigenvalue weighted by Crippen LogP contribution is 2.18. The maximum Gasteiger partial charge on any atom is 0.328 e. The van der Waals surface area contributed by atoms with E-state index in [2.05, 4.69) is 10.3 Å². The number of carbonyl (C=O) groups excluding carboxylic acids is 1. The summed E-state index contributed by atoms with van der Waals surface area (Å²) in [5.41, 5.74) is 1.60.